The summed E-state index contributed by atoms with van der Waals surface area (Å²) in [7, 11) is 0. The first kappa shape index (κ1) is 11.5. The average molecular weight is 237 g/mol. The van der Waals surface area contributed by atoms with Crippen molar-refractivity contribution in [3.8, 4) is 0 Å². The fraction of sp³-hybridized carbons (Fsp3) is 0.923. The number of nitrogens with two attached hydrogens (primary N) is 1. The highest BCUT2D eigenvalue weighted by molar-refractivity contribution is 5.80. The van der Waals surface area contributed by atoms with Gasteiger partial charge in [-0.1, -0.05) is 0 Å². The second-order valence-electron chi connectivity index (χ2n) is 5.82. The van der Waals surface area contributed by atoms with Gasteiger partial charge in [0.25, 0.3) is 0 Å². The van der Waals surface area contributed by atoms with Gasteiger partial charge >= 0.3 is 0 Å². The second kappa shape index (κ2) is 4.58. The predicted molar refractivity (Wildman–Crippen MR) is 66.5 cm³/mol. The van der Waals surface area contributed by atoms with E-state index in [0.717, 1.165) is 32.0 Å². The van der Waals surface area contributed by atoms with Crippen molar-refractivity contribution in [3.63, 3.8) is 0 Å². The van der Waals surface area contributed by atoms with Crippen molar-refractivity contribution < 1.29 is 4.79 Å². The Hall–Kier alpha value is -0.610. The molecular formula is C13H23N3O. The van der Waals surface area contributed by atoms with Gasteiger partial charge in [0.05, 0.1) is 6.04 Å². The molecule has 0 bridgehead atoms. The van der Waals surface area contributed by atoms with Gasteiger partial charge in [0.1, 0.15) is 0 Å². The largest absolute Gasteiger partial charge is 0.368 e. The number of likely N-dealkylation sites (tertiary alicyclic amines) is 2. The number of hydrogen-bond acceptors (Lipinski definition) is 3. The number of piperidine rings is 1. The molecule has 3 rings (SSSR count). The fourth-order valence-corrected chi connectivity index (χ4v) is 3.56. The number of amides is 1. The summed E-state index contributed by atoms with van der Waals surface area (Å²) in [6.45, 7) is 3.49. The highest BCUT2D eigenvalue weighted by atomic mass is 16.1. The maximum absolute atomic E-state index is 11.4. The highest BCUT2D eigenvalue weighted by Crippen LogP contribution is 2.32. The standard InChI is InChI=1S/C13H23N3O/c14-13(17)12-4-2-8-16(12)11-3-1-7-15(9-11)10-5-6-10/h10-12H,1-9H2,(H2,14,17)/t11-,12?/m1/s1. The summed E-state index contributed by atoms with van der Waals surface area (Å²) in [5.41, 5.74) is 5.51. The molecule has 1 unspecified atom stereocenters. The topological polar surface area (TPSA) is 49.6 Å². The molecule has 3 aliphatic rings. The van der Waals surface area contributed by atoms with Crippen molar-refractivity contribution in [2.75, 3.05) is 19.6 Å². The van der Waals surface area contributed by atoms with E-state index in [0.29, 0.717) is 6.04 Å². The fourth-order valence-electron chi connectivity index (χ4n) is 3.56. The van der Waals surface area contributed by atoms with Gasteiger partial charge in [-0.15, -0.1) is 0 Å². The molecule has 0 radical (unpaired) electrons. The molecule has 2 heterocycles. The Labute approximate surface area is 103 Å². The minimum absolute atomic E-state index is 0.0131. The molecule has 1 amide bonds. The summed E-state index contributed by atoms with van der Waals surface area (Å²) in [6.07, 6.45) is 7.39. The van der Waals surface area contributed by atoms with Crippen molar-refractivity contribution in [2.45, 2.75) is 56.7 Å². The van der Waals surface area contributed by atoms with Crippen LogP contribution in [0.4, 0.5) is 0 Å². The van der Waals surface area contributed by atoms with Gasteiger partial charge in [-0.25, -0.2) is 0 Å². The minimum Gasteiger partial charge on any atom is -0.368 e. The van der Waals surface area contributed by atoms with Crippen LogP contribution in [0.3, 0.4) is 0 Å². The zero-order chi connectivity index (χ0) is 11.8. The normalized spacial score (nSPS) is 36.2. The summed E-state index contributed by atoms with van der Waals surface area (Å²) >= 11 is 0. The van der Waals surface area contributed by atoms with E-state index in [2.05, 4.69) is 9.80 Å². The van der Waals surface area contributed by atoms with Crippen LogP contribution < -0.4 is 5.73 Å². The van der Waals surface area contributed by atoms with Gasteiger partial charge in [0, 0.05) is 18.6 Å². The SMILES string of the molecule is NC(=O)C1CCCN1[C@@H]1CCCN(C2CC2)C1. The second-order valence-corrected chi connectivity index (χ2v) is 5.82. The van der Waals surface area contributed by atoms with E-state index in [1.807, 2.05) is 0 Å². The quantitative estimate of drug-likeness (QED) is 0.780. The number of nitrogens with zero attached hydrogens (tertiary/aromatic N) is 2. The summed E-state index contributed by atoms with van der Waals surface area (Å²) in [6, 6.07) is 1.44. The van der Waals surface area contributed by atoms with Crippen LogP contribution in [0.5, 0.6) is 0 Å². The summed E-state index contributed by atoms with van der Waals surface area (Å²) < 4.78 is 0. The Morgan fingerprint density at radius 2 is 1.76 bits per heavy atom. The van der Waals surface area contributed by atoms with E-state index in [-0.39, 0.29) is 11.9 Å². The Bertz CT molecular complexity index is 303. The lowest BCUT2D eigenvalue weighted by Crippen LogP contribution is -2.53. The maximum Gasteiger partial charge on any atom is 0.234 e. The lowest BCUT2D eigenvalue weighted by atomic mass is 10.0. The first-order valence-corrected chi connectivity index (χ1v) is 7.05. The molecule has 2 atom stereocenters. The summed E-state index contributed by atoms with van der Waals surface area (Å²) in [4.78, 5) is 16.5. The van der Waals surface area contributed by atoms with Crippen molar-refractivity contribution >= 4 is 5.91 Å². The molecule has 0 aromatic heterocycles. The lowest BCUT2D eigenvalue weighted by molar-refractivity contribution is -0.123. The smallest absolute Gasteiger partial charge is 0.234 e. The maximum atomic E-state index is 11.4. The van der Waals surface area contributed by atoms with Crippen molar-refractivity contribution in [1.82, 2.24) is 9.80 Å². The number of rotatable bonds is 3. The predicted octanol–water partition coefficient (Wildman–Crippen LogP) is 0.563. The summed E-state index contributed by atoms with van der Waals surface area (Å²) in [5.74, 6) is -0.119. The highest BCUT2D eigenvalue weighted by Gasteiger charge is 2.39. The third-order valence-electron chi connectivity index (χ3n) is 4.58. The van der Waals surface area contributed by atoms with Gasteiger partial charge in [0.15, 0.2) is 0 Å². The number of hydrogen-bond donors (Lipinski definition) is 1. The number of carbonyl (C=O) groups excluding carboxylic acids is 1. The zero-order valence-electron chi connectivity index (χ0n) is 10.5. The van der Waals surface area contributed by atoms with Crippen LogP contribution >= 0.6 is 0 Å². The molecule has 2 aliphatic heterocycles. The van der Waals surface area contributed by atoms with Crippen LogP contribution in [0.15, 0.2) is 0 Å². The molecule has 0 aromatic rings. The van der Waals surface area contributed by atoms with Crippen LogP contribution in [-0.2, 0) is 4.79 Å². The zero-order valence-corrected chi connectivity index (χ0v) is 10.5. The van der Waals surface area contributed by atoms with E-state index in [1.165, 1.54) is 32.2 Å². The molecule has 2 N–H and O–H groups in total. The van der Waals surface area contributed by atoms with Gasteiger partial charge in [0.2, 0.25) is 5.91 Å². The molecule has 0 spiro atoms. The van der Waals surface area contributed by atoms with Gasteiger partial charge in [-0.3, -0.25) is 14.6 Å². The third-order valence-corrected chi connectivity index (χ3v) is 4.58. The van der Waals surface area contributed by atoms with Crippen LogP contribution in [0.25, 0.3) is 0 Å². The van der Waals surface area contributed by atoms with Crippen molar-refractivity contribution in [1.29, 1.82) is 0 Å². The Morgan fingerprint density at radius 1 is 1.00 bits per heavy atom. The molecule has 17 heavy (non-hydrogen) atoms. The molecule has 4 nitrogen and oxygen atoms in total. The Kier molecular flexibility index (Phi) is 3.09. The van der Waals surface area contributed by atoms with E-state index in [4.69, 9.17) is 5.73 Å². The van der Waals surface area contributed by atoms with Crippen LogP contribution in [0, 0.1) is 0 Å². The molecule has 1 saturated carbocycles. The molecule has 1 aliphatic carbocycles. The number of carbonyl (C=O) groups is 1. The first-order valence-electron chi connectivity index (χ1n) is 7.05. The average Bonchev–Trinajstić information content (AvgIpc) is 3.06. The van der Waals surface area contributed by atoms with E-state index < -0.39 is 0 Å². The van der Waals surface area contributed by atoms with E-state index in [9.17, 15) is 4.79 Å². The van der Waals surface area contributed by atoms with Crippen molar-refractivity contribution in [2.24, 2.45) is 5.73 Å². The monoisotopic (exact) mass is 237 g/mol. The van der Waals surface area contributed by atoms with Crippen LogP contribution in [-0.4, -0.2) is 53.5 Å². The lowest BCUT2D eigenvalue weighted by Gasteiger charge is -2.39. The molecule has 4 heteroatoms. The molecule has 2 saturated heterocycles. The van der Waals surface area contributed by atoms with Gasteiger partial charge < -0.3 is 5.73 Å². The molecule has 3 fully saturated rings. The summed E-state index contributed by atoms with van der Waals surface area (Å²) in [5, 5.41) is 0. The Balaban J connectivity index is 1.64. The number of primary amides is 1. The molecule has 0 aromatic carbocycles. The van der Waals surface area contributed by atoms with Crippen molar-refractivity contribution in [3.05, 3.63) is 0 Å². The van der Waals surface area contributed by atoms with Gasteiger partial charge in [-0.05, 0) is 51.6 Å². The molecule has 96 valence electrons. The van der Waals surface area contributed by atoms with Crippen LogP contribution in [0.2, 0.25) is 0 Å². The third kappa shape index (κ3) is 2.33. The van der Waals surface area contributed by atoms with E-state index in [1.54, 1.807) is 0 Å². The van der Waals surface area contributed by atoms with Gasteiger partial charge in [-0.2, -0.15) is 0 Å². The minimum atomic E-state index is -0.119. The first-order chi connectivity index (χ1) is 8.25. The molecular weight excluding hydrogens is 214 g/mol. The van der Waals surface area contributed by atoms with E-state index >= 15 is 0 Å². The van der Waals surface area contributed by atoms with Crippen LogP contribution in [0.1, 0.15) is 38.5 Å². The Morgan fingerprint density at radius 3 is 2.47 bits per heavy atom.